The highest BCUT2D eigenvalue weighted by molar-refractivity contribution is 5.91. The van der Waals surface area contributed by atoms with Crippen molar-refractivity contribution < 1.29 is 19.8 Å². The number of hydrogen-bond donors (Lipinski definition) is 2. The van der Waals surface area contributed by atoms with Gasteiger partial charge in [-0.05, 0) is 23.6 Å². The molecule has 21 heavy (non-hydrogen) atoms. The highest BCUT2D eigenvalue weighted by atomic mass is 16.4. The van der Waals surface area contributed by atoms with Crippen molar-refractivity contribution in [2.24, 2.45) is 0 Å². The second-order valence-electron chi connectivity index (χ2n) is 4.96. The third kappa shape index (κ3) is 2.65. The number of aliphatic carboxylic acids is 2. The summed E-state index contributed by atoms with van der Waals surface area (Å²) < 4.78 is 0. The van der Waals surface area contributed by atoms with Crippen molar-refractivity contribution in [3.05, 3.63) is 71.3 Å². The predicted octanol–water partition coefficient (Wildman–Crippen LogP) is 2.84. The number of carboxylic acids is 2. The average Bonchev–Trinajstić information content (AvgIpc) is 2.46. The summed E-state index contributed by atoms with van der Waals surface area (Å²) in [6, 6.07) is 15.5. The fourth-order valence-electron chi connectivity index (χ4n) is 2.67. The number of benzene rings is 2. The molecular formula is C17H16O4. The lowest BCUT2D eigenvalue weighted by atomic mass is 9.70. The van der Waals surface area contributed by atoms with E-state index in [9.17, 15) is 19.8 Å². The molecule has 0 heterocycles. The maximum atomic E-state index is 12.0. The molecule has 1 atom stereocenters. The average molecular weight is 284 g/mol. The van der Waals surface area contributed by atoms with Crippen LogP contribution in [0.5, 0.6) is 0 Å². The molecule has 0 saturated heterocycles. The molecular weight excluding hydrogens is 268 g/mol. The Morgan fingerprint density at radius 3 is 2.05 bits per heavy atom. The van der Waals surface area contributed by atoms with Gasteiger partial charge in [0.2, 0.25) is 0 Å². The summed E-state index contributed by atoms with van der Waals surface area (Å²) >= 11 is 0. The quantitative estimate of drug-likeness (QED) is 0.885. The van der Waals surface area contributed by atoms with Crippen LogP contribution in [-0.2, 0) is 15.0 Å². The second kappa shape index (κ2) is 5.79. The van der Waals surface area contributed by atoms with Gasteiger partial charge in [0.05, 0.1) is 6.42 Å². The van der Waals surface area contributed by atoms with Crippen LogP contribution in [0.1, 0.15) is 23.1 Å². The van der Waals surface area contributed by atoms with Crippen molar-refractivity contribution in [2.45, 2.75) is 18.8 Å². The Morgan fingerprint density at radius 1 is 0.952 bits per heavy atom. The van der Waals surface area contributed by atoms with E-state index >= 15 is 0 Å². The van der Waals surface area contributed by atoms with Crippen LogP contribution in [0, 0.1) is 6.92 Å². The van der Waals surface area contributed by atoms with Crippen molar-refractivity contribution in [3.63, 3.8) is 0 Å². The molecule has 4 heteroatoms. The van der Waals surface area contributed by atoms with Gasteiger partial charge in [-0.3, -0.25) is 9.59 Å². The standard InChI is InChI=1S/C17H16O4/c1-12-7-5-6-10-14(12)17(16(20)21,11-15(18)19)13-8-3-2-4-9-13/h2-10H,11H2,1H3,(H,18,19)(H,20,21). The molecule has 0 amide bonds. The highest BCUT2D eigenvalue weighted by Crippen LogP contribution is 2.38. The molecule has 4 nitrogen and oxygen atoms in total. The van der Waals surface area contributed by atoms with Crippen LogP contribution in [0.4, 0.5) is 0 Å². The van der Waals surface area contributed by atoms with Gasteiger partial charge in [0.25, 0.3) is 0 Å². The number of carbonyl (C=O) groups is 2. The predicted molar refractivity (Wildman–Crippen MR) is 78.3 cm³/mol. The molecule has 108 valence electrons. The minimum absolute atomic E-state index is 0.467. The number of rotatable bonds is 5. The molecule has 0 bridgehead atoms. The topological polar surface area (TPSA) is 74.6 Å². The minimum Gasteiger partial charge on any atom is -0.481 e. The lowest BCUT2D eigenvalue weighted by Crippen LogP contribution is -2.40. The highest BCUT2D eigenvalue weighted by Gasteiger charge is 2.45. The first-order valence-corrected chi connectivity index (χ1v) is 6.55. The van der Waals surface area contributed by atoms with E-state index in [1.54, 1.807) is 61.5 Å². The van der Waals surface area contributed by atoms with Gasteiger partial charge in [0.1, 0.15) is 5.41 Å². The van der Waals surface area contributed by atoms with Crippen molar-refractivity contribution in [1.29, 1.82) is 0 Å². The van der Waals surface area contributed by atoms with Gasteiger partial charge in [-0.25, -0.2) is 0 Å². The largest absolute Gasteiger partial charge is 0.481 e. The Kier molecular flexibility index (Phi) is 4.08. The molecule has 0 aliphatic rings. The molecule has 0 aliphatic carbocycles. The van der Waals surface area contributed by atoms with E-state index in [1.807, 2.05) is 0 Å². The Labute approximate surface area is 122 Å². The lowest BCUT2D eigenvalue weighted by molar-refractivity contribution is -0.148. The molecule has 0 radical (unpaired) electrons. The zero-order chi connectivity index (χ0) is 15.5. The van der Waals surface area contributed by atoms with Crippen LogP contribution in [-0.4, -0.2) is 22.2 Å². The zero-order valence-corrected chi connectivity index (χ0v) is 11.6. The van der Waals surface area contributed by atoms with E-state index in [4.69, 9.17) is 0 Å². The summed E-state index contributed by atoms with van der Waals surface area (Å²) in [6.07, 6.45) is -0.503. The summed E-state index contributed by atoms with van der Waals surface area (Å²) in [7, 11) is 0. The van der Waals surface area contributed by atoms with E-state index in [0.29, 0.717) is 11.1 Å². The minimum atomic E-state index is -1.58. The zero-order valence-electron chi connectivity index (χ0n) is 11.6. The Bertz CT molecular complexity index is 664. The maximum absolute atomic E-state index is 12.0. The Balaban J connectivity index is 2.77. The van der Waals surface area contributed by atoms with Crippen molar-refractivity contribution in [1.82, 2.24) is 0 Å². The molecule has 2 N–H and O–H groups in total. The normalized spacial score (nSPS) is 13.4. The Hall–Kier alpha value is -2.62. The first-order valence-electron chi connectivity index (χ1n) is 6.55. The number of aryl methyl sites for hydroxylation is 1. The van der Waals surface area contributed by atoms with Gasteiger partial charge in [-0.1, -0.05) is 54.6 Å². The van der Waals surface area contributed by atoms with Crippen LogP contribution < -0.4 is 0 Å². The first-order chi connectivity index (χ1) is 9.98. The summed E-state index contributed by atoms with van der Waals surface area (Å²) in [5.41, 5.74) is 0.142. The van der Waals surface area contributed by atoms with E-state index in [-0.39, 0.29) is 0 Å². The Morgan fingerprint density at radius 2 is 1.52 bits per heavy atom. The number of hydrogen-bond acceptors (Lipinski definition) is 2. The van der Waals surface area contributed by atoms with Gasteiger partial charge in [-0.15, -0.1) is 0 Å². The van der Waals surface area contributed by atoms with Gasteiger partial charge in [-0.2, -0.15) is 0 Å². The molecule has 0 aromatic heterocycles. The van der Waals surface area contributed by atoms with Crippen LogP contribution in [0.25, 0.3) is 0 Å². The molecule has 2 aromatic rings. The smallest absolute Gasteiger partial charge is 0.319 e. The summed E-state index contributed by atoms with van der Waals surface area (Å²) in [5, 5.41) is 19.1. The first kappa shape index (κ1) is 14.8. The van der Waals surface area contributed by atoms with Crippen LogP contribution in [0.2, 0.25) is 0 Å². The summed E-state index contributed by atoms with van der Waals surface area (Å²) in [6.45, 7) is 1.79. The van der Waals surface area contributed by atoms with Gasteiger partial charge < -0.3 is 10.2 Å². The van der Waals surface area contributed by atoms with E-state index < -0.39 is 23.8 Å². The van der Waals surface area contributed by atoms with Crippen molar-refractivity contribution >= 4 is 11.9 Å². The lowest BCUT2D eigenvalue weighted by Gasteiger charge is -2.30. The monoisotopic (exact) mass is 284 g/mol. The molecule has 0 aliphatic heterocycles. The summed E-state index contributed by atoms with van der Waals surface area (Å²) in [4.78, 5) is 23.4. The molecule has 2 aromatic carbocycles. The van der Waals surface area contributed by atoms with Crippen molar-refractivity contribution in [3.8, 4) is 0 Å². The third-order valence-electron chi connectivity index (χ3n) is 3.65. The van der Waals surface area contributed by atoms with E-state index in [1.165, 1.54) is 0 Å². The van der Waals surface area contributed by atoms with Crippen LogP contribution in [0.15, 0.2) is 54.6 Å². The van der Waals surface area contributed by atoms with Crippen molar-refractivity contribution in [2.75, 3.05) is 0 Å². The molecule has 2 rings (SSSR count). The summed E-state index contributed by atoms with van der Waals surface area (Å²) in [5.74, 6) is -2.31. The maximum Gasteiger partial charge on any atom is 0.319 e. The molecule has 0 fully saturated rings. The van der Waals surface area contributed by atoms with Gasteiger partial charge >= 0.3 is 11.9 Å². The fourth-order valence-corrected chi connectivity index (χ4v) is 2.67. The van der Waals surface area contributed by atoms with Crippen LogP contribution in [0.3, 0.4) is 0 Å². The molecule has 0 spiro atoms. The molecule has 0 saturated carbocycles. The molecule has 1 unspecified atom stereocenters. The number of carboxylic acid groups (broad SMARTS) is 2. The SMILES string of the molecule is Cc1ccccc1C(CC(=O)O)(C(=O)O)c1ccccc1. The fraction of sp³-hybridized carbons (Fsp3) is 0.176. The van der Waals surface area contributed by atoms with Gasteiger partial charge in [0.15, 0.2) is 0 Å². The van der Waals surface area contributed by atoms with E-state index in [0.717, 1.165) is 5.56 Å². The van der Waals surface area contributed by atoms with Gasteiger partial charge in [0, 0.05) is 0 Å². The third-order valence-corrected chi connectivity index (χ3v) is 3.65. The second-order valence-corrected chi connectivity index (χ2v) is 4.96. The van der Waals surface area contributed by atoms with E-state index in [2.05, 4.69) is 0 Å². The van der Waals surface area contributed by atoms with Crippen LogP contribution >= 0.6 is 0 Å².